The highest BCUT2D eigenvalue weighted by Crippen LogP contribution is 2.16. The van der Waals surface area contributed by atoms with Gasteiger partial charge in [0.1, 0.15) is 0 Å². The monoisotopic (exact) mass is 355 g/mol. The van der Waals surface area contributed by atoms with Crippen molar-refractivity contribution in [3.63, 3.8) is 0 Å². The van der Waals surface area contributed by atoms with E-state index in [1.54, 1.807) is 17.4 Å². The van der Waals surface area contributed by atoms with Gasteiger partial charge in [-0.3, -0.25) is 9.69 Å². The molecule has 1 aromatic heterocycles. The number of carbonyl (C=O) groups is 1. The summed E-state index contributed by atoms with van der Waals surface area (Å²) in [4.78, 5) is 21.5. The Bertz CT molecular complexity index is 730. The first-order valence-corrected chi connectivity index (χ1v) is 9.72. The van der Waals surface area contributed by atoms with Crippen LogP contribution in [0.3, 0.4) is 0 Å². The van der Waals surface area contributed by atoms with Crippen molar-refractivity contribution in [2.45, 2.75) is 26.8 Å². The number of benzene rings is 1. The van der Waals surface area contributed by atoms with Crippen LogP contribution in [0.15, 0.2) is 41.8 Å². The first-order valence-electron chi connectivity index (χ1n) is 8.84. The summed E-state index contributed by atoms with van der Waals surface area (Å²) < 4.78 is 0. The fraction of sp³-hybridized carbons (Fsp3) is 0.400. The number of thiazole rings is 1. The number of rotatable bonds is 5. The van der Waals surface area contributed by atoms with Gasteiger partial charge in [0.05, 0.1) is 10.7 Å². The van der Waals surface area contributed by atoms with E-state index in [0.29, 0.717) is 0 Å². The maximum absolute atomic E-state index is 12.5. The normalized spacial score (nSPS) is 16.2. The summed E-state index contributed by atoms with van der Waals surface area (Å²) in [6.07, 6.45) is 2.76. The van der Waals surface area contributed by atoms with Crippen LogP contribution >= 0.6 is 11.3 Å². The molecule has 1 fully saturated rings. The largest absolute Gasteiger partial charge is 0.337 e. The quantitative estimate of drug-likeness (QED) is 0.771. The molecule has 4 nitrogen and oxygen atoms in total. The minimum absolute atomic E-state index is 0.114. The number of hydrogen-bond donors (Lipinski definition) is 0. The Hall–Kier alpha value is -1.98. The third-order valence-electron chi connectivity index (χ3n) is 4.54. The number of amides is 1. The van der Waals surface area contributed by atoms with Gasteiger partial charge in [-0.15, -0.1) is 11.3 Å². The molecule has 2 aromatic rings. The first kappa shape index (κ1) is 17.8. The van der Waals surface area contributed by atoms with E-state index in [1.165, 1.54) is 5.01 Å². The topological polar surface area (TPSA) is 36.4 Å². The van der Waals surface area contributed by atoms with Crippen molar-refractivity contribution in [1.29, 1.82) is 0 Å². The van der Waals surface area contributed by atoms with Crippen LogP contribution < -0.4 is 0 Å². The molecule has 25 heavy (non-hydrogen) atoms. The molecule has 5 heteroatoms. The average Bonchev–Trinajstić information content (AvgIpc) is 3.10. The molecule has 0 spiro atoms. The summed E-state index contributed by atoms with van der Waals surface area (Å²) in [6, 6.07) is 10.1. The average molecular weight is 356 g/mol. The van der Waals surface area contributed by atoms with Crippen LogP contribution in [-0.2, 0) is 17.8 Å². The minimum atomic E-state index is 0.114. The molecule has 0 radical (unpaired) electrons. The summed E-state index contributed by atoms with van der Waals surface area (Å²) in [6.45, 7) is 8.39. The SMILES string of the molecule is CCc1nc(CN2CCN(C(=O)/C=C(\C)c3ccccc3)CC2)cs1. The highest BCUT2D eigenvalue weighted by Gasteiger charge is 2.20. The molecule has 0 aliphatic carbocycles. The third kappa shape index (κ3) is 4.77. The van der Waals surface area contributed by atoms with E-state index in [9.17, 15) is 4.79 Å². The standard InChI is InChI=1S/C20H25N3OS/c1-3-19-21-18(15-25-19)14-22-9-11-23(12-10-22)20(24)13-16(2)17-7-5-4-6-8-17/h4-8,13,15H,3,9-12,14H2,1-2H3/b16-13+. The molecule has 1 aliphatic rings. The van der Waals surface area contributed by atoms with Crippen LogP contribution in [-0.4, -0.2) is 46.9 Å². The molecule has 0 saturated carbocycles. The number of aromatic nitrogens is 1. The van der Waals surface area contributed by atoms with Gasteiger partial charge in [0.2, 0.25) is 5.91 Å². The van der Waals surface area contributed by atoms with Crippen molar-refractivity contribution in [2.24, 2.45) is 0 Å². The molecule has 0 atom stereocenters. The molecule has 0 unspecified atom stereocenters. The Labute approximate surface area is 153 Å². The maximum Gasteiger partial charge on any atom is 0.246 e. The fourth-order valence-corrected chi connectivity index (χ4v) is 3.74. The summed E-state index contributed by atoms with van der Waals surface area (Å²) >= 11 is 1.74. The molecule has 1 amide bonds. The fourth-order valence-electron chi connectivity index (χ4n) is 3.00. The van der Waals surface area contributed by atoms with Gasteiger partial charge in [-0.05, 0) is 24.5 Å². The molecule has 3 rings (SSSR count). The number of nitrogens with zero attached hydrogens (tertiary/aromatic N) is 3. The number of hydrogen-bond acceptors (Lipinski definition) is 4. The Morgan fingerprint density at radius 1 is 1.20 bits per heavy atom. The number of aryl methyl sites for hydroxylation is 1. The second-order valence-corrected chi connectivity index (χ2v) is 7.32. The van der Waals surface area contributed by atoms with E-state index in [4.69, 9.17) is 0 Å². The van der Waals surface area contributed by atoms with Crippen LogP contribution in [0.5, 0.6) is 0 Å². The summed E-state index contributed by atoms with van der Waals surface area (Å²) in [5.41, 5.74) is 3.27. The summed E-state index contributed by atoms with van der Waals surface area (Å²) in [7, 11) is 0. The molecule has 2 heterocycles. The Morgan fingerprint density at radius 3 is 2.56 bits per heavy atom. The van der Waals surface area contributed by atoms with Crippen molar-refractivity contribution in [1.82, 2.24) is 14.8 Å². The number of allylic oxidation sites excluding steroid dienone is 1. The molecular weight excluding hydrogens is 330 g/mol. The van der Waals surface area contributed by atoms with Gasteiger partial charge in [0.25, 0.3) is 0 Å². The second kappa shape index (κ2) is 8.41. The van der Waals surface area contributed by atoms with Crippen molar-refractivity contribution in [3.05, 3.63) is 58.1 Å². The molecule has 0 bridgehead atoms. The van der Waals surface area contributed by atoms with Crippen LogP contribution in [0, 0.1) is 0 Å². The van der Waals surface area contributed by atoms with E-state index in [2.05, 4.69) is 22.2 Å². The third-order valence-corrected chi connectivity index (χ3v) is 5.58. The zero-order chi connectivity index (χ0) is 17.6. The lowest BCUT2D eigenvalue weighted by atomic mass is 10.1. The Balaban J connectivity index is 1.52. The van der Waals surface area contributed by atoms with Crippen molar-refractivity contribution < 1.29 is 4.79 Å². The predicted molar refractivity (Wildman–Crippen MR) is 103 cm³/mol. The highest BCUT2D eigenvalue weighted by atomic mass is 32.1. The lowest BCUT2D eigenvalue weighted by Gasteiger charge is -2.34. The summed E-state index contributed by atoms with van der Waals surface area (Å²) in [5.74, 6) is 0.114. The number of carbonyl (C=O) groups excluding carboxylic acids is 1. The highest BCUT2D eigenvalue weighted by molar-refractivity contribution is 7.09. The molecular formula is C20H25N3OS. The predicted octanol–water partition coefficient (Wildman–Crippen LogP) is 3.45. The van der Waals surface area contributed by atoms with Crippen molar-refractivity contribution in [3.8, 4) is 0 Å². The lowest BCUT2D eigenvalue weighted by molar-refractivity contribution is -0.127. The van der Waals surface area contributed by atoms with Gasteiger partial charge in [-0.25, -0.2) is 4.98 Å². The van der Waals surface area contributed by atoms with E-state index >= 15 is 0 Å². The van der Waals surface area contributed by atoms with Gasteiger partial charge in [-0.1, -0.05) is 37.3 Å². The zero-order valence-corrected chi connectivity index (χ0v) is 15.8. The van der Waals surface area contributed by atoms with E-state index in [0.717, 1.165) is 56.0 Å². The van der Waals surface area contributed by atoms with Crippen LogP contribution in [0.25, 0.3) is 5.57 Å². The second-order valence-electron chi connectivity index (χ2n) is 6.38. The minimum Gasteiger partial charge on any atom is -0.337 e. The van der Waals surface area contributed by atoms with Crippen LogP contribution in [0.2, 0.25) is 0 Å². The molecule has 1 aliphatic heterocycles. The van der Waals surface area contributed by atoms with Gasteiger partial charge in [-0.2, -0.15) is 0 Å². The van der Waals surface area contributed by atoms with E-state index in [-0.39, 0.29) is 5.91 Å². The molecule has 0 N–H and O–H groups in total. The van der Waals surface area contributed by atoms with Gasteiger partial charge < -0.3 is 4.90 Å². The van der Waals surface area contributed by atoms with Crippen molar-refractivity contribution >= 4 is 22.8 Å². The smallest absolute Gasteiger partial charge is 0.246 e. The van der Waals surface area contributed by atoms with E-state index in [1.807, 2.05) is 42.2 Å². The molecule has 1 aromatic carbocycles. The van der Waals surface area contributed by atoms with Gasteiger partial charge >= 0.3 is 0 Å². The Morgan fingerprint density at radius 2 is 1.92 bits per heavy atom. The Kier molecular flexibility index (Phi) is 6.00. The van der Waals surface area contributed by atoms with Crippen molar-refractivity contribution in [2.75, 3.05) is 26.2 Å². The van der Waals surface area contributed by atoms with Gasteiger partial charge in [0, 0.05) is 44.2 Å². The molecule has 132 valence electrons. The maximum atomic E-state index is 12.5. The number of piperazine rings is 1. The van der Waals surface area contributed by atoms with Crippen LogP contribution in [0.4, 0.5) is 0 Å². The van der Waals surface area contributed by atoms with E-state index < -0.39 is 0 Å². The first-order chi connectivity index (χ1) is 12.2. The zero-order valence-electron chi connectivity index (χ0n) is 14.9. The van der Waals surface area contributed by atoms with Crippen LogP contribution in [0.1, 0.15) is 30.1 Å². The molecule has 1 saturated heterocycles. The van der Waals surface area contributed by atoms with Gasteiger partial charge in [0.15, 0.2) is 0 Å². The summed E-state index contributed by atoms with van der Waals surface area (Å²) in [5, 5.41) is 3.35. The lowest BCUT2D eigenvalue weighted by Crippen LogP contribution is -2.47.